The maximum atomic E-state index is 11.7. The lowest BCUT2D eigenvalue weighted by atomic mass is 10.1. The Hall–Kier alpha value is -1.51. The lowest BCUT2D eigenvalue weighted by Crippen LogP contribution is -2.33. The molecule has 0 unspecified atom stereocenters. The number of carbonyl (C=O) groups is 1. The van der Waals surface area contributed by atoms with Crippen molar-refractivity contribution in [3.8, 4) is 0 Å². The molecule has 0 aliphatic heterocycles. The van der Waals surface area contributed by atoms with Crippen molar-refractivity contribution in [2.45, 2.75) is 32.6 Å². The second kappa shape index (κ2) is 5.01. The number of carbonyl (C=O) groups excluding carboxylic acids is 1. The highest BCUT2D eigenvalue weighted by Crippen LogP contribution is 2.24. The largest absolute Gasteiger partial charge is 0.299 e. The van der Waals surface area contributed by atoms with Crippen LogP contribution < -0.4 is 10.9 Å². The van der Waals surface area contributed by atoms with Crippen molar-refractivity contribution >= 4 is 11.6 Å². The van der Waals surface area contributed by atoms with E-state index in [1.165, 1.54) is 18.4 Å². The SMILES string of the molecule is Cc1cccc(NNC(=O)C2CCCC2)c1. The van der Waals surface area contributed by atoms with E-state index in [4.69, 9.17) is 0 Å². The Balaban J connectivity index is 1.84. The monoisotopic (exact) mass is 218 g/mol. The molecule has 2 N–H and O–H groups in total. The van der Waals surface area contributed by atoms with Crippen LogP contribution in [0.4, 0.5) is 5.69 Å². The fourth-order valence-corrected chi connectivity index (χ4v) is 2.15. The Bertz CT molecular complexity index is 370. The molecule has 1 aromatic rings. The first-order valence-corrected chi connectivity index (χ1v) is 5.88. The molecule has 0 spiro atoms. The normalized spacial score (nSPS) is 16.1. The van der Waals surface area contributed by atoms with E-state index >= 15 is 0 Å². The van der Waals surface area contributed by atoms with Crippen LogP contribution in [0.5, 0.6) is 0 Å². The summed E-state index contributed by atoms with van der Waals surface area (Å²) in [7, 11) is 0. The molecular weight excluding hydrogens is 200 g/mol. The van der Waals surface area contributed by atoms with Crippen LogP contribution >= 0.6 is 0 Å². The van der Waals surface area contributed by atoms with E-state index in [2.05, 4.69) is 10.9 Å². The molecule has 2 rings (SSSR count). The van der Waals surface area contributed by atoms with Crippen LogP contribution in [0.2, 0.25) is 0 Å². The third kappa shape index (κ3) is 2.75. The molecule has 86 valence electrons. The predicted molar refractivity (Wildman–Crippen MR) is 64.9 cm³/mol. The summed E-state index contributed by atoms with van der Waals surface area (Å²) >= 11 is 0. The second-order valence-electron chi connectivity index (χ2n) is 4.47. The molecule has 16 heavy (non-hydrogen) atoms. The Morgan fingerprint density at radius 2 is 2.06 bits per heavy atom. The number of rotatable bonds is 3. The molecule has 0 atom stereocenters. The minimum atomic E-state index is 0.124. The predicted octanol–water partition coefficient (Wildman–Crippen LogP) is 2.63. The van der Waals surface area contributed by atoms with E-state index in [0.29, 0.717) is 0 Å². The van der Waals surface area contributed by atoms with Gasteiger partial charge < -0.3 is 0 Å². The Kier molecular flexibility index (Phi) is 3.44. The molecule has 1 aromatic carbocycles. The summed E-state index contributed by atoms with van der Waals surface area (Å²) in [6, 6.07) is 7.96. The molecular formula is C13H18N2O. The van der Waals surface area contributed by atoms with Crippen LogP contribution in [0.3, 0.4) is 0 Å². The number of nitrogens with one attached hydrogen (secondary N) is 2. The number of hydrogen-bond donors (Lipinski definition) is 2. The van der Waals surface area contributed by atoms with Crippen molar-refractivity contribution in [1.82, 2.24) is 5.43 Å². The van der Waals surface area contributed by atoms with Gasteiger partial charge in [-0.2, -0.15) is 0 Å². The summed E-state index contributed by atoms with van der Waals surface area (Å²) in [5.74, 6) is 0.330. The Labute approximate surface area is 96.2 Å². The van der Waals surface area contributed by atoms with Crippen molar-refractivity contribution in [3.05, 3.63) is 29.8 Å². The van der Waals surface area contributed by atoms with Gasteiger partial charge in [0, 0.05) is 5.92 Å². The highest BCUT2D eigenvalue weighted by atomic mass is 16.2. The lowest BCUT2D eigenvalue weighted by Gasteiger charge is -2.12. The molecule has 3 heteroatoms. The quantitative estimate of drug-likeness (QED) is 0.766. The first kappa shape index (κ1) is 11.0. The average Bonchev–Trinajstić information content (AvgIpc) is 2.79. The summed E-state index contributed by atoms with van der Waals surface area (Å²) in [5, 5.41) is 0. The Morgan fingerprint density at radius 1 is 1.31 bits per heavy atom. The highest BCUT2D eigenvalue weighted by Gasteiger charge is 2.22. The van der Waals surface area contributed by atoms with Crippen LogP contribution in [0.1, 0.15) is 31.2 Å². The van der Waals surface area contributed by atoms with E-state index in [1.54, 1.807) is 0 Å². The van der Waals surface area contributed by atoms with Gasteiger partial charge in [-0.25, -0.2) is 0 Å². The number of anilines is 1. The number of aryl methyl sites for hydroxylation is 1. The summed E-state index contributed by atoms with van der Waals surface area (Å²) < 4.78 is 0. The summed E-state index contributed by atoms with van der Waals surface area (Å²) in [6.45, 7) is 2.03. The van der Waals surface area contributed by atoms with Gasteiger partial charge in [-0.05, 0) is 37.5 Å². The van der Waals surface area contributed by atoms with Crippen molar-refractivity contribution < 1.29 is 4.79 Å². The smallest absolute Gasteiger partial charge is 0.241 e. The van der Waals surface area contributed by atoms with Gasteiger partial charge in [-0.1, -0.05) is 25.0 Å². The minimum absolute atomic E-state index is 0.124. The van der Waals surface area contributed by atoms with Gasteiger partial charge in [0.25, 0.3) is 0 Å². The highest BCUT2D eigenvalue weighted by molar-refractivity contribution is 5.80. The molecule has 1 saturated carbocycles. The molecule has 0 heterocycles. The Morgan fingerprint density at radius 3 is 2.75 bits per heavy atom. The molecule has 3 nitrogen and oxygen atoms in total. The number of hydrogen-bond acceptors (Lipinski definition) is 2. The van der Waals surface area contributed by atoms with E-state index < -0.39 is 0 Å². The van der Waals surface area contributed by atoms with Crippen LogP contribution in [0.25, 0.3) is 0 Å². The fourth-order valence-electron chi connectivity index (χ4n) is 2.15. The zero-order valence-electron chi connectivity index (χ0n) is 9.62. The molecule has 1 fully saturated rings. The third-order valence-corrected chi connectivity index (χ3v) is 3.07. The first-order chi connectivity index (χ1) is 7.75. The molecule has 1 amide bonds. The van der Waals surface area contributed by atoms with Crippen molar-refractivity contribution in [2.75, 3.05) is 5.43 Å². The van der Waals surface area contributed by atoms with Gasteiger partial charge in [0.2, 0.25) is 5.91 Å². The van der Waals surface area contributed by atoms with E-state index in [0.717, 1.165) is 18.5 Å². The maximum Gasteiger partial charge on any atom is 0.241 e. The van der Waals surface area contributed by atoms with Gasteiger partial charge in [0.05, 0.1) is 5.69 Å². The van der Waals surface area contributed by atoms with Crippen LogP contribution in [0.15, 0.2) is 24.3 Å². The third-order valence-electron chi connectivity index (χ3n) is 3.07. The average molecular weight is 218 g/mol. The van der Waals surface area contributed by atoms with Gasteiger partial charge >= 0.3 is 0 Å². The summed E-state index contributed by atoms with van der Waals surface area (Å²) in [5.41, 5.74) is 7.86. The van der Waals surface area contributed by atoms with Gasteiger partial charge in [0.1, 0.15) is 0 Å². The van der Waals surface area contributed by atoms with Crippen molar-refractivity contribution in [1.29, 1.82) is 0 Å². The lowest BCUT2D eigenvalue weighted by molar-refractivity contribution is -0.124. The number of amides is 1. The van der Waals surface area contributed by atoms with Crippen LogP contribution in [-0.2, 0) is 4.79 Å². The van der Waals surface area contributed by atoms with Gasteiger partial charge in [0.15, 0.2) is 0 Å². The van der Waals surface area contributed by atoms with E-state index in [9.17, 15) is 4.79 Å². The summed E-state index contributed by atoms with van der Waals surface area (Å²) in [4.78, 5) is 11.7. The van der Waals surface area contributed by atoms with E-state index in [-0.39, 0.29) is 11.8 Å². The van der Waals surface area contributed by atoms with Gasteiger partial charge in [-0.3, -0.25) is 15.6 Å². The zero-order chi connectivity index (χ0) is 11.4. The molecule has 0 aromatic heterocycles. The van der Waals surface area contributed by atoms with Crippen LogP contribution in [0, 0.1) is 12.8 Å². The van der Waals surface area contributed by atoms with E-state index in [1.807, 2.05) is 31.2 Å². The molecule has 0 radical (unpaired) electrons. The molecule has 0 bridgehead atoms. The van der Waals surface area contributed by atoms with Crippen LogP contribution in [-0.4, -0.2) is 5.91 Å². The van der Waals surface area contributed by atoms with Crippen molar-refractivity contribution in [2.24, 2.45) is 5.92 Å². The topological polar surface area (TPSA) is 41.1 Å². The molecule has 1 aliphatic rings. The first-order valence-electron chi connectivity index (χ1n) is 5.88. The standard InChI is InChI=1S/C13H18N2O/c1-10-5-4-8-12(9-10)14-15-13(16)11-6-2-3-7-11/h4-5,8-9,11,14H,2-3,6-7H2,1H3,(H,15,16). The number of hydrazine groups is 1. The minimum Gasteiger partial charge on any atom is -0.299 e. The van der Waals surface area contributed by atoms with Gasteiger partial charge in [-0.15, -0.1) is 0 Å². The summed E-state index contributed by atoms with van der Waals surface area (Å²) in [6.07, 6.45) is 4.42. The molecule has 1 aliphatic carbocycles. The fraction of sp³-hybridized carbons (Fsp3) is 0.462. The maximum absolute atomic E-state index is 11.7. The number of benzene rings is 1. The zero-order valence-corrected chi connectivity index (χ0v) is 9.62. The molecule has 0 saturated heterocycles. The second-order valence-corrected chi connectivity index (χ2v) is 4.47. The van der Waals surface area contributed by atoms with Crippen molar-refractivity contribution in [3.63, 3.8) is 0 Å².